The van der Waals surface area contributed by atoms with E-state index in [0.29, 0.717) is 6.42 Å². The number of hydrogen-bond donors (Lipinski definition) is 1. The van der Waals surface area contributed by atoms with Gasteiger partial charge in [0.05, 0.1) is 18.4 Å². The van der Waals surface area contributed by atoms with Crippen molar-refractivity contribution >= 4 is 5.84 Å². The van der Waals surface area contributed by atoms with E-state index >= 15 is 0 Å². The van der Waals surface area contributed by atoms with Crippen molar-refractivity contribution < 1.29 is 5.11 Å². The normalized spacial score (nSPS) is 20.8. The molecule has 1 aliphatic carbocycles. The molecular formula is C17H18N4O. The number of allylic oxidation sites excluding steroid dienone is 5. The highest BCUT2D eigenvalue weighted by Crippen LogP contribution is 2.38. The average molecular weight is 294 g/mol. The summed E-state index contributed by atoms with van der Waals surface area (Å²) in [5.41, 5.74) is 4.42. The van der Waals surface area contributed by atoms with Crippen molar-refractivity contribution in [3.63, 3.8) is 0 Å². The van der Waals surface area contributed by atoms with Gasteiger partial charge in [0.1, 0.15) is 12.2 Å². The molecule has 0 aromatic carbocycles. The third-order valence-electron chi connectivity index (χ3n) is 4.23. The third-order valence-corrected chi connectivity index (χ3v) is 4.23. The smallest absolute Gasteiger partial charge is 0.138 e. The minimum atomic E-state index is 0.0142. The zero-order valence-electron chi connectivity index (χ0n) is 12.5. The molecule has 0 saturated carbocycles. The van der Waals surface area contributed by atoms with E-state index in [1.807, 2.05) is 16.8 Å². The summed E-state index contributed by atoms with van der Waals surface area (Å²) in [7, 11) is 0. The number of nitriles is 1. The first-order chi connectivity index (χ1) is 10.7. The Morgan fingerprint density at radius 1 is 1.45 bits per heavy atom. The van der Waals surface area contributed by atoms with E-state index < -0.39 is 0 Å². The number of hydrogen-bond acceptors (Lipinski definition) is 4. The Labute approximate surface area is 129 Å². The number of aromatic nitrogens is 2. The van der Waals surface area contributed by atoms with Crippen LogP contribution in [0.5, 0.6) is 0 Å². The lowest BCUT2D eigenvalue weighted by atomic mass is 9.80. The Bertz CT molecular complexity index is 729. The van der Waals surface area contributed by atoms with Crippen LogP contribution in [0.3, 0.4) is 0 Å². The van der Waals surface area contributed by atoms with Crippen LogP contribution in [0.15, 0.2) is 58.3 Å². The largest absolute Gasteiger partial charge is 0.392 e. The van der Waals surface area contributed by atoms with E-state index in [1.165, 1.54) is 11.1 Å². The number of dihydropyridines is 1. The highest BCUT2D eigenvalue weighted by atomic mass is 16.3. The second kappa shape index (κ2) is 6.12. The van der Waals surface area contributed by atoms with Gasteiger partial charge in [-0.15, -0.1) is 0 Å². The molecule has 1 aromatic rings. The monoisotopic (exact) mass is 294 g/mol. The summed E-state index contributed by atoms with van der Waals surface area (Å²) in [6.45, 7) is 2.08. The molecule has 1 N–H and O–H groups in total. The SMILES string of the molecule is CC1=C(CCC#N)CC2C(CO)=CC(n3ccnc3)=NC2=C1. The van der Waals surface area contributed by atoms with Gasteiger partial charge in [-0.2, -0.15) is 5.26 Å². The van der Waals surface area contributed by atoms with Crippen LogP contribution in [0.25, 0.3) is 0 Å². The number of aliphatic hydroxyl groups is 1. The third kappa shape index (κ3) is 2.66. The first-order valence-corrected chi connectivity index (χ1v) is 7.38. The van der Waals surface area contributed by atoms with Crippen LogP contribution in [-0.4, -0.2) is 27.1 Å². The van der Waals surface area contributed by atoms with E-state index in [1.54, 1.807) is 12.5 Å². The zero-order chi connectivity index (χ0) is 15.5. The molecule has 0 fully saturated rings. The van der Waals surface area contributed by atoms with Gasteiger partial charge in [0.25, 0.3) is 0 Å². The van der Waals surface area contributed by atoms with Crippen molar-refractivity contribution in [1.29, 1.82) is 5.26 Å². The minimum absolute atomic E-state index is 0.0142. The molecule has 0 spiro atoms. The van der Waals surface area contributed by atoms with E-state index in [9.17, 15) is 5.11 Å². The Morgan fingerprint density at radius 3 is 3.00 bits per heavy atom. The number of nitrogens with zero attached hydrogens (tertiary/aromatic N) is 4. The maximum Gasteiger partial charge on any atom is 0.138 e. The molecule has 1 unspecified atom stereocenters. The van der Waals surface area contributed by atoms with Crippen LogP contribution in [0.1, 0.15) is 26.2 Å². The van der Waals surface area contributed by atoms with Gasteiger partial charge in [-0.05, 0) is 37.5 Å². The molecule has 5 nitrogen and oxygen atoms in total. The molecule has 0 radical (unpaired) electrons. The van der Waals surface area contributed by atoms with Gasteiger partial charge in [0, 0.05) is 24.7 Å². The van der Waals surface area contributed by atoms with Gasteiger partial charge in [-0.1, -0.05) is 11.1 Å². The van der Waals surface area contributed by atoms with Gasteiger partial charge < -0.3 is 5.11 Å². The van der Waals surface area contributed by atoms with Crippen molar-refractivity contribution in [3.8, 4) is 6.07 Å². The van der Waals surface area contributed by atoms with Gasteiger partial charge in [-0.25, -0.2) is 9.98 Å². The number of aliphatic hydroxyl groups excluding tert-OH is 1. The van der Waals surface area contributed by atoms with Crippen LogP contribution >= 0.6 is 0 Å². The first-order valence-electron chi connectivity index (χ1n) is 7.38. The summed E-state index contributed by atoms with van der Waals surface area (Å²) in [6, 6.07) is 2.20. The fourth-order valence-corrected chi connectivity index (χ4v) is 2.99. The highest BCUT2D eigenvalue weighted by Gasteiger charge is 2.28. The second-order valence-electron chi connectivity index (χ2n) is 5.59. The summed E-state index contributed by atoms with van der Waals surface area (Å²) >= 11 is 0. The molecule has 1 aromatic heterocycles. The zero-order valence-corrected chi connectivity index (χ0v) is 12.5. The summed E-state index contributed by atoms with van der Waals surface area (Å²) in [4.78, 5) is 8.77. The maximum absolute atomic E-state index is 9.73. The standard InChI is InChI=1S/C17H18N4O/c1-12-7-16-15(8-13(12)3-2-4-18)14(10-22)9-17(20-16)21-6-5-19-11-21/h5-7,9,11,15,22H,2-3,8,10H2,1H3. The molecule has 0 saturated heterocycles. The summed E-state index contributed by atoms with van der Waals surface area (Å²) in [5.74, 6) is 0.895. The van der Waals surface area contributed by atoms with E-state index in [2.05, 4.69) is 24.1 Å². The summed E-state index contributed by atoms with van der Waals surface area (Å²) in [5, 5.41) is 18.5. The fraction of sp³-hybridized carbons (Fsp3) is 0.353. The second-order valence-corrected chi connectivity index (χ2v) is 5.59. The van der Waals surface area contributed by atoms with Gasteiger partial charge >= 0.3 is 0 Å². The Balaban J connectivity index is 1.98. The lowest BCUT2D eigenvalue weighted by molar-refractivity contribution is 0.316. The summed E-state index contributed by atoms with van der Waals surface area (Å²) in [6.07, 6.45) is 11.4. The number of rotatable bonds is 3. The van der Waals surface area contributed by atoms with Crippen molar-refractivity contribution in [1.82, 2.24) is 9.55 Å². The van der Waals surface area contributed by atoms with Crippen molar-refractivity contribution in [2.24, 2.45) is 10.9 Å². The quantitative estimate of drug-likeness (QED) is 0.931. The highest BCUT2D eigenvalue weighted by molar-refractivity contribution is 5.97. The van der Waals surface area contributed by atoms with Gasteiger partial charge in [0.15, 0.2) is 0 Å². The Hall–Kier alpha value is -2.45. The Morgan fingerprint density at radius 2 is 2.32 bits per heavy atom. The lowest BCUT2D eigenvalue weighted by Gasteiger charge is -2.29. The fourth-order valence-electron chi connectivity index (χ4n) is 2.99. The maximum atomic E-state index is 9.73. The molecule has 0 bridgehead atoms. The van der Waals surface area contributed by atoms with Crippen molar-refractivity contribution in [2.45, 2.75) is 26.2 Å². The molecule has 112 valence electrons. The molecule has 1 atom stereocenters. The molecular weight excluding hydrogens is 276 g/mol. The van der Waals surface area contributed by atoms with Gasteiger partial charge in [-0.3, -0.25) is 4.57 Å². The Kier molecular flexibility index (Phi) is 4.03. The average Bonchev–Trinajstić information content (AvgIpc) is 3.06. The van der Waals surface area contributed by atoms with Gasteiger partial charge in [0.2, 0.25) is 0 Å². The predicted octanol–water partition coefficient (Wildman–Crippen LogP) is 2.59. The molecule has 5 heteroatoms. The van der Waals surface area contributed by atoms with Crippen LogP contribution < -0.4 is 0 Å². The number of aliphatic imine (C=N–C) groups is 1. The molecule has 22 heavy (non-hydrogen) atoms. The summed E-state index contributed by atoms with van der Waals surface area (Å²) < 4.78 is 1.84. The van der Waals surface area contributed by atoms with E-state index in [4.69, 9.17) is 10.3 Å². The topological polar surface area (TPSA) is 74.2 Å². The molecule has 1 aliphatic heterocycles. The van der Waals surface area contributed by atoms with E-state index in [-0.39, 0.29) is 12.5 Å². The lowest BCUT2D eigenvalue weighted by Crippen LogP contribution is -2.23. The molecule has 2 heterocycles. The van der Waals surface area contributed by atoms with Crippen LogP contribution in [0.4, 0.5) is 0 Å². The molecule has 3 rings (SSSR count). The van der Waals surface area contributed by atoms with Crippen LogP contribution in [0, 0.1) is 17.2 Å². The van der Waals surface area contributed by atoms with Crippen molar-refractivity contribution in [3.05, 3.63) is 53.3 Å². The first kappa shape index (κ1) is 14.5. The van der Waals surface area contributed by atoms with Crippen molar-refractivity contribution in [2.75, 3.05) is 6.61 Å². The molecule has 0 amide bonds. The minimum Gasteiger partial charge on any atom is -0.392 e. The van der Waals surface area contributed by atoms with Crippen LogP contribution in [-0.2, 0) is 0 Å². The van der Waals surface area contributed by atoms with E-state index in [0.717, 1.165) is 29.9 Å². The van der Waals surface area contributed by atoms with Crippen LogP contribution in [0.2, 0.25) is 0 Å². The number of fused-ring (bicyclic) bond motifs is 1. The molecule has 2 aliphatic rings. The number of imidazole rings is 1. The predicted molar refractivity (Wildman–Crippen MR) is 84.0 cm³/mol.